The largest absolute Gasteiger partial charge is 0.465 e. The standard InChI is InChI=1S/C17H24O2.C9H12O2S.C2H6/c1-2-3-4-7-16(18)14-11-9-13(10-12-14)15-6-5-8-17(15)19;1-3-4-7-5-6-8(12-7)9(10)11-2;1-2/h9-12,15-16,18H,2-8H2,1H3;5-6H,3-4H2,1-2H3;1-2H3. The minimum absolute atomic E-state index is 0.103. The molecule has 1 aliphatic carbocycles. The van der Waals surface area contributed by atoms with E-state index in [1.807, 2.05) is 50.2 Å². The summed E-state index contributed by atoms with van der Waals surface area (Å²) < 4.78 is 4.60. The van der Waals surface area contributed by atoms with Gasteiger partial charge in [-0.3, -0.25) is 4.79 Å². The predicted molar refractivity (Wildman–Crippen MR) is 138 cm³/mol. The Labute approximate surface area is 204 Å². The van der Waals surface area contributed by atoms with E-state index in [9.17, 15) is 14.7 Å². The van der Waals surface area contributed by atoms with Crippen molar-refractivity contribution < 1.29 is 19.4 Å². The molecule has 2 aromatic rings. The molecule has 2 unspecified atom stereocenters. The van der Waals surface area contributed by atoms with Gasteiger partial charge in [-0.25, -0.2) is 4.79 Å². The second-order valence-electron chi connectivity index (χ2n) is 8.10. The average Bonchev–Trinajstić information content (AvgIpc) is 3.50. The molecule has 0 radical (unpaired) electrons. The number of Topliss-reactive ketones (excluding diaryl/α,β-unsaturated/α-hetero) is 1. The van der Waals surface area contributed by atoms with Gasteiger partial charge in [-0.1, -0.05) is 77.6 Å². The Balaban J connectivity index is 0.000000335. The third-order valence-corrected chi connectivity index (χ3v) is 6.78. The number of carbonyl (C=O) groups is 2. The number of aryl methyl sites for hydroxylation is 1. The summed E-state index contributed by atoms with van der Waals surface area (Å²) in [4.78, 5) is 24.7. The van der Waals surface area contributed by atoms with Crippen molar-refractivity contribution >= 4 is 23.1 Å². The SMILES string of the molecule is CC.CCCCCC(O)c1ccc(C2CCCC2=O)cc1.CCCc1ccc(C(=O)OC)s1. The molecule has 0 bridgehead atoms. The predicted octanol–water partition coefficient (Wildman–Crippen LogP) is 7.65. The number of benzene rings is 1. The second kappa shape index (κ2) is 16.6. The maximum absolute atomic E-state index is 11.7. The van der Waals surface area contributed by atoms with Gasteiger partial charge in [0.15, 0.2) is 0 Å². The fraction of sp³-hybridized carbons (Fsp3) is 0.571. The van der Waals surface area contributed by atoms with Gasteiger partial charge >= 0.3 is 5.97 Å². The van der Waals surface area contributed by atoms with Gasteiger partial charge in [-0.15, -0.1) is 11.3 Å². The van der Waals surface area contributed by atoms with Gasteiger partial charge < -0.3 is 9.84 Å². The van der Waals surface area contributed by atoms with Crippen molar-refractivity contribution in [2.24, 2.45) is 0 Å². The van der Waals surface area contributed by atoms with Crippen molar-refractivity contribution in [3.8, 4) is 0 Å². The summed E-state index contributed by atoms with van der Waals surface area (Å²) in [5.41, 5.74) is 2.09. The number of esters is 1. The first kappa shape index (κ1) is 29.1. The topological polar surface area (TPSA) is 63.6 Å². The van der Waals surface area contributed by atoms with E-state index >= 15 is 0 Å². The van der Waals surface area contributed by atoms with E-state index < -0.39 is 0 Å². The molecule has 1 aromatic carbocycles. The highest BCUT2D eigenvalue weighted by atomic mass is 32.1. The molecule has 4 nitrogen and oxygen atoms in total. The highest BCUT2D eigenvalue weighted by Crippen LogP contribution is 2.32. The number of ketones is 1. The molecule has 33 heavy (non-hydrogen) atoms. The molecular formula is C28H42O4S. The Bertz CT molecular complexity index is 810. The molecule has 0 aliphatic heterocycles. The molecule has 0 amide bonds. The van der Waals surface area contributed by atoms with E-state index in [0.717, 1.165) is 56.1 Å². The van der Waals surface area contributed by atoms with Gasteiger partial charge in [0.05, 0.1) is 13.2 Å². The monoisotopic (exact) mass is 474 g/mol. The summed E-state index contributed by atoms with van der Waals surface area (Å²) in [6, 6.07) is 11.8. The fourth-order valence-electron chi connectivity index (χ4n) is 3.84. The van der Waals surface area contributed by atoms with Crippen LogP contribution in [0.15, 0.2) is 36.4 Å². The summed E-state index contributed by atoms with van der Waals surface area (Å²) in [6.45, 7) is 8.29. The number of unbranched alkanes of at least 4 members (excludes halogenated alkanes) is 2. The van der Waals surface area contributed by atoms with Crippen LogP contribution < -0.4 is 0 Å². The van der Waals surface area contributed by atoms with Crippen LogP contribution in [0, 0.1) is 0 Å². The average molecular weight is 475 g/mol. The lowest BCUT2D eigenvalue weighted by Gasteiger charge is -2.13. The third-order valence-electron chi connectivity index (χ3n) is 5.65. The molecule has 1 heterocycles. The van der Waals surface area contributed by atoms with Crippen molar-refractivity contribution in [2.75, 3.05) is 7.11 Å². The van der Waals surface area contributed by atoms with E-state index in [4.69, 9.17) is 0 Å². The highest BCUT2D eigenvalue weighted by molar-refractivity contribution is 7.13. The molecule has 1 aromatic heterocycles. The van der Waals surface area contributed by atoms with E-state index in [2.05, 4.69) is 18.6 Å². The van der Waals surface area contributed by atoms with Crippen molar-refractivity contribution in [1.29, 1.82) is 0 Å². The van der Waals surface area contributed by atoms with Crippen molar-refractivity contribution in [2.45, 2.75) is 97.5 Å². The zero-order valence-corrected chi connectivity index (χ0v) is 21.9. The zero-order chi connectivity index (χ0) is 24.6. The van der Waals surface area contributed by atoms with Crippen molar-refractivity contribution in [3.05, 3.63) is 57.3 Å². The lowest BCUT2D eigenvalue weighted by atomic mass is 9.94. The number of aliphatic hydroxyl groups excluding tert-OH is 1. The number of hydrogen-bond donors (Lipinski definition) is 1. The lowest BCUT2D eigenvalue weighted by Crippen LogP contribution is -2.05. The smallest absolute Gasteiger partial charge is 0.348 e. The number of hydrogen-bond acceptors (Lipinski definition) is 5. The molecule has 2 atom stereocenters. The van der Waals surface area contributed by atoms with Gasteiger partial charge in [0.25, 0.3) is 0 Å². The summed E-state index contributed by atoms with van der Waals surface area (Å²) in [6.07, 6.45) is 8.77. The molecule has 1 N–H and O–H groups in total. The van der Waals surface area contributed by atoms with Crippen molar-refractivity contribution in [3.63, 3.8) is 0 Å². The number of carbonyl (C=O) groups excluding carboxylic acids is 2. The summed E-state index contributed by atoms with van der Waals surface area (Å²) in [5.74, 6) is 0.241. The molecule has 5 heteroatoms. The van der Waals surface area contributed by atoms with Crippen LogP contribution in [0.4, 0.5) is 0 Å². The van der Waals surface area contributed by atoms with Crippen LogP contribution in [0.1, 0.15) is 117 Å². The molecule has 0 spiro atoms. The number of aliphatic hydroxyl groups is 1. The van der Waals surface area contributed by atoms with Crippen LogP contribution >= 0.6 is 11.3 Å². The number of thiophene rings is 1. The molecule has 184 valence electrons. The molecule has 0 saturated heterocycles. The quantitative estimate of drug-likeness (QED) is 0.299. The van der Waals surface area contributed by atoms with Gasteiger partial charge in [0.2, 0.25) is 0 Å². The van der Waals surface area contributed by atoms with E-state index in [1.54, 1.807) is 0 Å². The van der Waals surface area contributed by atoms with E-state index in [1.165, 1.54) is 36.2 Å². The van der Waals surface area contributed by atoms with E-state index in [0.29, 0.717) is 10.7 Å². The van der Waals surface area contributed by atoms with Crippen LogP contribution in [0.5, 0.6) is 0 Å². The van der Waals surface area contributed by atoms with E-state index in [-0.39, 0.29) is 18.0 Å². The van der Waals surface area contributed by atoms with Crippen LogP contribution in [-0.2, 0) is 16.0 Å². The summed E-state index contributed by atoms with van der Waals surface area (Å²) in [5, 5.41) is 10.1. The molecule has 3 rings (SSSR count). The molecule has 1 fully saturated rings. The molecular weight excluding hydrogens is 432 g/mol. The zero-order valence-electron chi connectivity index (χ0n) is 21.1. The minimum Gasteiger partial charge on any atom is -0.465 e. The first-order valence-corrected chi connectivity index (χ1v) is 13.3. The number of rotatable bonds is 9. The molecule has 1 saturated carbocycles. The Morgan fingerprint density at radius 3 is 2.33 bits per heavy atom. The Kier molecular flexibility index (Phi) is 14.6. The first-order valence-electron chi connectivity index (χ1n) is 12.5. The van der Waals surface area contributed by atoms with Gasteiger partial charge in [-0.2, -0.15) is 0 Å². The second-order valence-corrected chi connectivity index (χ2v) is 9.27. The van der Waals surface area contributed by atoms with Crippen LogP contribution in [-0.4, -0.2) is 24.0 Å². The van der Waals surface area contributed by atoms with Gasteiger partial charge in [0, 0.05) is 17.2 Å². The third kappa shape index (κ3) is 9.81. The Morgan fingerprint density at radius 2 is 1.79 bits per heavy atom. The van der Waals surface area contributed by atoms with Crippen LogP contribution in [0.2, 0.25) is 0 Å². The summed E-state index contributed by atoms with van der Waals surface area (Å²) in [7, 11) is 1.40. The maximum atomic E-state index is 11.7. The number of ether oxygens (including phenoxy) is 1. The Hall–Kier alpha value is -1.98. The normalized spacial score (nSPS) is 15.7. The lowest BCUT2D eigenvalue weighted by molar-refractivity contribution is -0.118. The fourth-order valence-corrected chi connectivity index (χ4v) is 4.87. The summed E-state index contributed by atoms with van der Waals surface area (Å²) >= 11 is 1.52. The highest BCUT2D eigenvalue weighted by Gasteiger charge is 2.25. The van der Waals surface area contributed by atoms with Gasteiger partial charge in [0.1, 0.15) is 10.7 Å². The number of methoxy groups -OCH3 is 1. The van der Waals surface area contributed by atoms with Crippen LogP contribution in [0.25, 0.3) is 0 Å². The van der Waals surface area contributed by atoms with Gasteiger partial charge in [-0.05, 0) is 48.9 Å². The maximum Gasteiger partial charge on any atom is 0.348 e. The van der Waals surface area contributed by atoms with Crippen LogP contribution in [0.3, 0.4) is 0 Å². The van der Waals surface area contributed by atoms with Crippen molar-refractivity contribution in [1.82, 2.24) is 0 Å². The Morgan fingerprint density at radius 1 is 1.09 bits per heavy atom. The minimum atomic E-state index is -0.361. The molecule has 1 aliphatic rings. The first-order chi connectivity index (χ1) is 16.0.